The number of ether oxygens (including phenoxy) is 1. The Balaban J connectivity index is 2.11. The molecule has 3 rings (SSSR count). The average molecular weight is 420 g/mol. The molecule has 0 saturated heterocycles. The third-order valence-corrected chi connectivity index (χ3v) is 5.12. The largest absolute Gasteiger partial charge is 0.496 e. The van der Waals surface area contributed by atoms with Gasteiger partial charge in [-0.2, -0.15) is 0 Å². The number of amides is 1. The van der Waals surface area contributed by atoms with Crippen LogP contribution in [0.4, 0.5) is 11.4 Å². The zero-order valence-electron chi connectivity index (χ0n) is 18.9. The number of nitrogens with zero attached hydrogens (tertiary/aromatic N) is 1. The second-order valence-electron chi connectivity index (χ2n) is 8.66. The van der Waals surface area contributed by atoms with Gasteiger partial charge in [0.25, 0.3) is 11.5 Å². The van der Waals surface area contributed by atoms with Gasteiger partial charge in [-0.05, 0) is 59.5 Å². The first-order valence-electron chi connectivity index (χ1n) is 10.1. The van der Waals surface area contributed by atoms with Gasteiger partial charge in [-0.15, -0.1) is 0 Å². The molecule has 0 fully saturated rings. The highest BCUT2D eigenvalue weighted by molar-refractivity contribution is 6.07. The molecular formula is C25H29N3O3. The Morgan fingerprint density at radius 3 is 2.29 bits per heavy atom. The van der Waals surface area contributed by atoms with Crippen molar-refractivity contribution in [3.8, 4) is 16.9 Å². The van der Waals surface area contributed by atoms with Gasteiger partial charge in [0.15, 0.2) is 0 Å². The Labute approximate surface area is 182 Å². The van der Waals surface area contributed by atoms with Gasteiger partial charge in [0.1, 0.15) is 5.75 Å². The van der Waals surface area contributed by atoms with Crippen LogP contribution in [-0.2, 0) is 5.41 Å². The predicted octanol–water partition coefficient (Wildman–Crippen LogP) is 4.67. The third-order valence-electron chi connectivity index (χ3n) is 5.12. The molecule has 162 valence electrons. The molecule has 0 atom stereocenters. The molecule has 0 spiro atoms. The highest BCUT2D eigenvalue weighted by Crippen LogP contribution is 2.38. The Hall–Kier alpha value is -3.54. The van der Waals surface area contributed by atoms with Crippen LogP contribution in [-0.4, -0.2) is 32.1 Å². The van der Waals surface area contributed by atoms with Gasteiger partial charge >= 0.3 is 0 Å². The molecule has 2 N–H and O–H groups in total. The summed E-state index contributed by atoms with van der Waals surface area (Å²) >= 11 is 0. The normalized spacial score (nSPS) is 11.2. The molecule has 6 nitrogen and oxygen atoms in total. The quantitative estimate of drug-likeness (QED) is 0.630. The maximum Gasteiger partial charge on any atom is 0.259 e. The lowest BCUT2D eigenvalue weighted by Crippen LogP contribution is -2.19. The first-order valence-corrected chi connectivity index (χ1v) is 10.1. The van der Waals surface area contributed by atoms with E-state index in [1.807, 2.05) is 70.1 Å². The number of carbonyl (C=O) groups excluding carboxylic acids is 1. The van der Waals surface area contributed by atoms with Crippen molar-refractivity contribution in [3.05, 3.63) is 76.2 Å². The molecule has 1 heterocycles. The lowest BCUT2D eigenvalue weighted by Gasteiger charge is -2.25. The van der Waals surface area contributed by atoms with Crippen molar-refractivity contribution in [2.24, 2.45) is 0 Å². The minimum atomic E-state index is -0.300. The van der Waals surface area contributed by atoms with Crippen molar-refractivity contribution in [2.45, 2.75) is 26.2 Å². The zero-order valence-corrected chi connectivity index (χ0v) is 18.9. The number of anilines is 2. The topological polar surface area (TPSA) is 74.4 Å². The van der Waals surface area contributed by atoms with Crippen molar-refractivity contribution in [3.63, 3.8) is 0 Å². The maximum absolute atomic E-state index is 13.3. The van der Waals surface area contributed by atoms with Crippen LogP contribution in [0.2, 0.25) is 0 Å². The summed E-state index contributed by atoms with van der Waals surface area (Å²) in [6.45, 7) is 6.14. The van der Waals surface area contributed by atoms with Crippen molar-refractivity contribution < 1.29 is 9.53 Å². The molecule has 0 radical (unpaired) electrons. The van der Waals surface area contributed by atoms with E-state index in [9.17, 15) is 9.59 Å². The second kappa shape index (κ2) is 8.68. The number of aromatic amines is 1. The average Bonchev–Trinajstić information content (AvgIpc) is 2.72. The number of hydrogen-bond donors (Lipinski definition) is 2. The number of carbonyl (C=O) groups is 1. The molecule has 31 heavy (non-hydrogen) atoms. The summed E-state index contributed by atoms with van der Waals surface area (Å²) < 4.78 is 5.68. The number of hydrogen-bond acceptors (Lipinski definition) is 4. The smallest absolute Gasteiger partial charge is 0.259 e. The number of methoxy groups -OCH3 is 1. The van der Waals surface area contributed by atoms with Crippen LogP contribution in [0.15, 0.2) is 59.5 Å². The lowest BCUT2D eigenvalue weighted by molar-refractivity contribution is 0.102. The van der Waals surface area contributed by atoms with E-state index in [0.717, 1.165) is 11.3 Å². The van der Waals surface area contributed by atoms with Crippen molar-refractivity contribution >= 4 is 17.3 Å². The van der Waals surface area contributed by atoms with Crippen LogP contribution in [0.5, 0.6) is 5.75 Å². The minimum absolute atomic E-state index is 0.210. The van der Waals surface area contributed by atoms with E-state index in [2.05, 4.69) is 10.3 Å². The fourth-order valence-corrected chi connectivity index (χ4v) is 3.42. The fraction of sp³-hybridized carbons (Fsp3) is 0.280. The van der Waals surface area contributed by atoms with E-state index >= 15 is 0 Å². The first-order chi connectivity index (χ1) is 14.6. The van der Waals surface area contributed by atoms with E-state index in [1.54, 1.807) is 31.5 Å². The van der Waals surface area contributed by atoms with Crippen LogP contribution >= 0.6 is 0 Å². The van der Waals surface area contributed by atoms with Crippen LogP contribution in [0.1, 0.15) is 36.7 Å². The number of H-pyrrole nitrogens is 1. The highest BCUT2D eigenvalue weighted by atomic mass is 16.5. The number of nitrogens with one attached hydrogen (secondary N) is 2. The summed E-state index contributed by atoms with van der Waals surface area (Å²) in [6, 6.07) is 14.7. The van der Waals surface area contributed by atoms with E-state index in [4.69, 9.17) is 4.74 Å². The van der Waals surface area contributed by atoms with E-state index < -0.39 is 0 Å². The molecule has 6 heteroatoms. The Kier molecular flexibility index (Phi) is 6.20. The SMILES string of the molecule is COc1c(C(=O)Nc2ccc(N(C)C)cc2)cc(-c2ccc[nH]c2=O)cc1C(C)(C)C. The molecule has 1 amide bonds. The Bertz CT molecular complexity index is 1140. The Morgan fingerprint density at radius 2 is 1.74 bits per heavy atom. The van der Waals surface area contributed by atoms with Crippen molar-refractivity contribution in [1.29, 1.82) is 0 Å². The molecule has 3 aromatic rings. The van der Waals surface area contributed by atoms with Gasteiger partial charge < -0.3 is 19.9 Å². The summed E-state index contributed by atoms with van der Waals surface area (Å²) in [5.74, 6) is 0.209. The number of pyridine rings is 1. The van der Waals surface area contributed by atoms with Crippen LogP contribution in [0, 0.1) is 0 Å². The highest BCUT2D eigenvalue weighted by Gasteiger charge is 2.26. The van der Waals surface area contributed by atoms with Gasteiger partial charge in [-0.25, -0.2) is 0 Å². The van der Waals surface area contributed by atoms with E-state index in [0.29, 0.717) is 28.1 Å². The molecular weight excluding hydrogens is 390 g/mol. The molecule has 0 unspecified atom stereocenters. The molecule has 0 bridgehead atoms. The van der Waals surface area contributed by atoms with Crippen molar-refractivity contribution in [1.82, 2.24) is 4.98 Å². The van der Waals surface area contributed by atoms with Crippen LogP contribution < -0.4 is 20.5 Å². The molecule has 2 aromatic carbocycles. The first kappa shape index (κ1) is 22.2. The van der Waals surface area contributed by atoms with Gasteiger partial charge in [-0.1, -0.05) is 20.8 Å². The molecule has 0 aliphatic rings. The van der Waals surface area contributed by atoms with Crippen LogP contribution in [0.25, 0.3) is 11.1 Å². The molecule has 0 aliphatic heterocycles. The molecule has 0 saturated carbocycles. The third kappa shape index (κ3) is 4.79. The fourth-order valence-electron chi connectivity index (χ4n) is 3.42. The second-order valence-corrected chi connectivity index (χ2v) is 8.66. The van der Waals surface area contributed by atoms with E-state index in [-0.39, 0.29) is 16.9 Å². The number of aromatic nitrogens is 1. The summed E-state index contributed by atoms with van der Waals surface area (Å²) in [7, 11) is 5.48. The minimum Gasteiger partial charge on any atom is -0.496 e. The number of benzene rings is 2. The summed E-state index contributed by atoms with van der Waals surface area (Å²) in [4.78, 5) is 30.4. The molecule has 0 aliphatic carbocycles. The van der Waals surface area contributed by atoms with Gasteiger partial charge in [0.2, 0.25) is 0 Å². The van der Waals surface area contributed by atoms with E-state index in [1.165, 1.54) is 0 Å². The summed E-state index contributed by atoms with van der Waals surface area (Å²) in [5.41, 5.74) is 3.60. The van der Waals surface area contributed by atoms with Gasteiger partial charge in [0, 0.05) is 42.8 Å². The molecule has 1 aromatic heterocycles. The monoisotopic (exact) mass is 419 g/mol. The van der Waals surface area contributed by atoms with Gasteiger partial charge in [-0.3, -0.25) is 9.59 Å². The van der Waals surface area contributed by atoms with Gasteiger partial charge in [0.05, 0.1) is 12.7 Å². The summed E-state index contributed by atoms with van der Waals surface area (Å²) in [6.07, 6.45) is 1.59. The predicted molar refractivity (Wildman–Crippen MR) is 126 cm³/mol. The van der Waals surface area contributed by atoms with Crippen LogP contribution in [0.3, 0.4) is 0 Å². The standard InChI is InChI=1S/C25H29N3O3/c1-25(2,3)21-15-16(19-8-7-13-26-23(19)29)14-20(22(21)31-6)24(30)27-17-9-11-18(12-10-17)28(4)5/h7-15H,1-6H3,(H,26,29)(H,27,30). The van der Waals surface area contributed by atoms with Crippen molar-refractivity contribution in [2.75, 3.05) is 31.4 Å². The Morgan fingerprint density at radius 1 is 1.06 bits per heavy atom. The summed E-state index contributed by atoms with van der Waals surface area (Å²) in [5, 5.41) is 2.95. The lowest BCUT2D eigenvalue weighted by atomic mass is 9.83. The maximum atomic E-state index is 13.3. The number of rotatable bonds is 5. The zero-order chi connectivity index (χ0) is 22.8.